The van der Waals surface area contributed by atoms with Crippen LogP contribution in [0.3, 0.4) is 0 Å². The van der Waals surface area contributed by atoms with Gasteiger partial charge < -0.3 is 14.8 Å². The summed E-state index contributed by atoms with van der Waals surface area (Å²) in [6, 6.07) is 6.78. The number of rotatable bonds is 5. The zero-order chi connectivity index (χ0) is 13.7. The first-order valence-electron chi connectivity index (χ1n) is 7.19. The lowest BCUT2D eigenvalue weighted by Crippen LogP contribution is -2.36. The zero-order valence-electron chi connectivity index (χ0n) is 12.2. The average molecular weight is 263 g/mol. The molecule has 3 nitrogen and oxygen atoms in total. The molecule has 1 N–H and O–H groups in total. The topological polar surface area (TPSA) is 30.5 Å². The first-order valence-corrected chi connectivity index (χ1v) is 7.19. The molecule has 0 amide bonds. The highest BCUT2D eigenvalue weighted by molar-refractivity contribution is 5.42. The molecular weight excluding hydrogens is 238 g/mol. The van der Waals surface area contributed by atoms with Crippen molar-refractivity contribution in [2.24, 2.45) is 5.92 Å². The van der Waals surface area contributed by atoms with E-state index in [9.17, 15) is 0 Å². The Balaban J connectivity index is 1.95. The van der Waals surface area contributed by atoms with Crippen LogP contribution in [-0.4, -0.2) is 20.3 Å². The molecule has 19 heavy (non-hydrogen) atoms. The molecule has 2 rings (SSSR count). The van der Waals surface area contributed by atoms with Gasteiger partial charge in [-0.15, -0.1) is 0 Å². The van der Waals surface area contributed by atoms with Crippen LogP contribution in [0, 0.1) is 5.92 Å². The first-order chi connectivity index (χ1) is 9.24. The molecule has 0 saturated heterocycles. The Hall–Kier alpha value is -1.22. The van der Waals surface area contributed by atoms with E-state index in [1.807, 2.05) is 6.07 Å². The summed E-state index contributed by atoms with van der Waals surface area (Å²) in [6.45, 7) is 3.25. The maximum atomic E-state index is 5.34. The third kappa shape index (κ3) is 3.63. The van der Waals surface area contributed by atoms with Crippen molar-refractivity contribution in [3.8, 4) is 11.5 Å². The SMILES string of the molecule is COc1ccc(CN[C@H]2CCCC[C@H]2C)cc1OC. The number of ether oxygens (including phenoxy) is 2. The number of hydrogen-bond acceptors (Lipinski definition) is 3. The summed E-state index contributed by atoms with van der Waals surface area (Å²) in [7, 11) is 3.34. The van der Waals surface area contributed by atoms with E-state index in [-0.39, 0.29) is 0 Å². The molecule has 1 aromatic rings. The van der Waals surface area contributed by atoms with Crippen LogP contribution in [0.2, 0.25) is 0 Å². The fourth-order valence-electron chi connectivity index (χ4n) is 2.86. The second-order valence-electron chi connectivity index (χ2n) is 5.44. The fourth-order valence-corrected chi connectivity index (χ4v) is 2.86. The van der Waals surface area contributed by atoms with Crippen LogP contribution in [0.5, 0.6) is 11.5 Å². The predicted molar refractivity (Wildman–Crippen MR) is 77.8 cm³/mol. The highest BCUT2D eigenvalue weighted by Crippen LogP contribution is 2.28. The maximum absolute atomic E-state index is 5.34. The lowest BCUT2D eigenvalue weighted by Gasteiger charge is -2.29. The Morgan fingerprint density at radius 2 is 1.84 bits per heavy atom. The monoisotopic (exact) mass is 263 g/mol. The Labute approximate surface area is 116 Å². The summed E-state index contributed by atoms with van der Waals surface area (Å²) < 4.78 is 10.6. The number of benzene rings is 1. The summed E-state index contributed by atoms with van der Waals surface area (Å²) in [6.07, 6.45) is 5.39. The van der Waals surface area contributed by atoms with Gasteiger partial charge in [0, 0.05) is 12.6 Å². The smallest absolute Gasteiger partial charge is 0.161 e. The molecule has 1 aromatic carbocycles. The molecule has 0 aromatic heterocycles. The van der Waals surface area contributed by atoms with Gasteiger partial charge in [0.2, 0.25) is 0 Å². The molecule has 1 aliphatic rings. The second kappa shape index (κ2) is 6.80. The maximum Gasteiger partial charge on any atom is 0.161 e. The highest BCUT2D eigenvalue weighted by atomic mass is 16.5. The van der Waals surface area contributed by atoms with Crippen molar-refractivity contribution in [3.63, 3.8) is 0 Å². The van der Waals surface area contributed by atoms with Gasteiger partial charge >= 0.3 is 0 Å². The summed E-state index contributed by atoms with van der Waals surface area (Å²) in [5, 5.41) is 3.68. The quantitative estimate of drug-likeness (QED) is 0.883. The Morgan fingerprint density at radius 3 is 2.53 bits per heavy atom. The van der Waals surface area contributed by atoms with Gasteiger partial charge in [-0.1, -0.05) is 25.8 Å². The van der Waals surface area contributed by atoms with Crippen LogP contribution in [0.25, 0.3) is 0 Å². The molecule has 2 atom stereocenters. The Bertz CT molecular complexity index is 406. The van der Waals surface area contributed by atoms with Crippen LogP contribution >= 0.6 is 0 Å². The molecule has 1 aliphatic carbocycles. The van der Waals surface area contributed by atoms with E-state index in [1.165, 1.54) is 31.2 Å². The van der Waals surface area contributed by atoms with E-state index in [0.29, 0.717) is 6.04 Å². The van der Waals surface area contributed by atoms with E-state index >= 15 is 0 Å². The van der Waals surface area contributed by atoms with Crippen molar-refractivity contribution in [2.75, 3.05) is 14.2 Å². The van der Waals surface area contributed by atoms with Gasteiger partial charge in [-0.05, 0) is 36.5 Å². The van der Waals surface area contributed by atoms with Crippen molar-refractivity contribution >= 4 is 0 Å². The predicted octanol–water partition coefficient (Wildman–Crippen LogP) is 3.37. The normalized spacial score (nSPS) is 23.1. The van der Waals surface area contributed by atoms with E-state index in [2.05, 4.69) is 24.4 Å². The van der Waals surface area contributed by atoms with Gasteiger partial charge in [0.25, 0.3) is 0 Å². The van der Waals surface area contributed by atoms with Crippen LogP contribution in [0.15, 0.2) is 18.2 Å². The second-order valence-corrected chi connectivity index (χ2v) is 5.44. The lowest BCUT2D eigenvalue weighted by molar-refractivity contribution is 0.279. The minimum atomic E-state index is 0.654. The molecule has 1 saturated carbocycles. The molecule has 0 spiro atoms. The van der Waals surface area contributed by atoms with Crippen molar-refractivity contribution in [2.45, 2.75) is 45.2 Å². The zero-order valence-corrected chi connectivity index (χ0v) is 12.2. The summed E-state index contributed by atoms with van der Waals surface area (Å²) >= 11 is 0. The first kappa shape index (κ1) is 14.2. The van der Waals surface area contributed by atoms with Gasteiger partial charge in [0.15, 0.2) is 11.5 Å². The third-order valence-electron chi connectivity index (χ3n) is 4.13. The minimum Gasteiger partial charge on any atom is -0.493 e. The standard InChI is InChI=1S/C16H25NO2/c1-12-6-4-5-7-14(12)17-11-13-8-9-15(18-2)16(10-13)19-3/h8-10,12,14,17H,4-7,11H2,1-3H3/t12-,14+/m1/s1. The van der Waals surface area contributed by atoms with Crippen LogP contribution in [0.1, 0.15) is 38.2 Å². The Morgan fingerprint density at radius 1 is 1.11 bits per heavy atom. The third-order valence-corrected chi connectivity index (χ3v) is 4.13. The number of nitrogens with one attached hydrogen (secondary N) is 1. The summed E-state index contributed by atoms with van der Waals surface area (Å²) in [4.78, 5) is 0. The van der Waals surface area contributed by atoms with Gasteiger partial charge in [0.05, 0.1) is 14.2 Å². The van der Waals surface area contributed by atoms with E-state index in [1.54, 1.807) is 14.2 Å². The molecule has 0 unspecified atom stereocenters. The Kier molecular flexibility index (Phi) is 5.08. The van der Waals surface area contributed by atoms with E-state index in [4.69, 9.17) is 9.47 Å². The molecular formula is C16H25NO2. The van der Waals surface area contributed by atoms with Gasteiger partial charge in [0.1, 0.15) is 0 Å². The van der Waals surface area contributed by atoms with E-state index in [0.717, 1.165) is 24.0 Å². The van der Waals surface area contributed by atoms with Gasteiger partial charge in [-0.2, -0.15) is 0 Å². The number of methoxy groups -OCH3 is 2. The van der Waals surface area contributed by atoms with Gasteiger partial charge in [-0.3, -0.25) is 0 Å². The average Bonchev–Trinajstić information content (AvgIpc) is 2.46. The molecule has 0 heterocycles. The largest absolute Gasteiger partial charge is 0.493 e. The van der Waals surface area contributed by atoms with Gasteiger partial charge in [-0.25, -0.2) is 0 Å². The van der Waals surface area contributed by atoms with Crippen LogP contribution < -0.4 is 14.8 Å². The lowest BCUT2D eigenvalue weighted by atomic mass is 9.86. The summed E-state index contributed by atoms with van der Waals surface area (Å²) in [5.41, 5.74) is 1.25. The van der Waals surface area contributed by atoms with E-state index < -0.39 is 0 Å². The number of hydrogen-bond donors (Lipinski definition) is 1. The molecule has 3 heteroatoms. The fraction of sp³-hybridized carbons (Fsp3) is 0.625. The van der Waals surface area contributed by atoms with Crippen molar-refractivity contribution in [1.29, 1.82) is 0 Å². The van der Waals surface area contributed by atoms with Crippen molar-refractivity contribution in [1.82, 2.24) is 5.32 Å². The molecule has 106 valence electrons. The minimum absolute atomic E-state index is 0.654. The molecule has 1 fully saturated rings. The highest BCUT2D eigenvalue weighted by Gasteiger charge is 2.20. The van der Waals surface area contributed by atoms with Crippen molar-refractivity contribution in [3.05, 3.63) is 23.8 Å². The van der Waals surface area contributed by atoms with Crippen LogP contribution in [-0.2, 0) is 6.54 Å². The molecule has 0 radical (unpaired) electrons. The summed E-state index contributed by atoms with van der Waals surface area (Å²) in [5.74, 6) is 2.38. The van der Waals surface area contributed by atoms with Crippen molar-refractivity contribution < 1.29 is 9.47 Å². The molecule has 0 bridgehead atoms. The molecule has 0 aliphatic heterocycles. The van der Waals surface area contributed by atoms with Crippen LogP contribution in [0.4, 0.5) is 0 Å².